The molecule has 0 bridgehead atoms. The summed E-state index contributed by atoms with van der Waals surface area (Å²) in [6.07, 6.45) is 0.332. The highest BCUT2D eigenvalue weighted by molar-refractivity contribution is 5.79. The van der Waals surface area contributed by atoms with Crippen LogP contribution in [0.5, 0.6) is 11.5 Å². The average molecular weight is 368 g/mol. The van der Waals surface area contributed by atoms with Crippen LogP contribution in [0.2, 0.25) is 0 Å². The number of carbonyl (C=O) groups is 1. The van der Waals surface area contributed by atoms with Crippen molar-refractivity contribution in [3.8, 4) is 11.5 Å². The van der Waals surface area contributed by atoms with Gasteiger partial charge < -0.3 is 14.4 Å². The Morgan fingerprint density at radius 1 is 1.00 bits per heavy atom. The molecule has 0 unspecified atom stereocenters. The van der Waals surface area contributed by atoms with E-state index in [9.17, 15) is 4.79 Å². The first-order valence-electron chi connectivity index (χ1n) is 9.35. The molecular weight excluding hydrogens is 340 g/mol. The molecule has 144 valence electrons. The van der Waals surface area contributed by atoms with Crippen LogP contribution >= 0.6 is 0 Å². The molecule has 1 fully saturated rings. The second kappa shape index (κ2) is 8.91. The first-order valence-corrected chi connectivity index (χ1v) is 9.35. The predicted octanol–water partition coefficient (Wildman–Crippen LogP) is 2.90. The van der Waals surface area contributed by atoms with Gasteiger partial charge in [-0.05, 0) is 30.7 Å². The Bertz CT molecular complexity index is 783. The van der Waals surface area contributed by atoms with E-state index in [1.165, 1.54) is 11.1 Å². The molecule has 5 heteroatoms. The van der Waals surface area contributed by atoms with Crippen LogP contribution in [0.4, 0.5) is 0 Å². The SMILES string of the molecule is COc1ccc(OC)c(CC(=O)N2CCN(Cc3cccc(C)c3)CC2)c1. The van der Waals surface area contributed by atoms with Crippen LogP contribution in [0.25, 0.3) is 0 Å². The highest BCUT2D eigenvalue weighted by atomic mass is 16.5. The number of amides is 1. The molecule has 0 aliphatic carbocycles. The second-order valence-corrected chi connectivity index (χ2v) is 7.00. The van der Waals surface area contributed by atoms with Crippen molar-refractivity contribution in [3.63, 3.8) is 0 Å². The second-order valence-electron chi connectivity index (χ2n) is 7.00. The summed E-state index contributed by atoms with van der Waals surface area (Å²) in [7, 11) is 3.25. The minimum Gasteiger partial charge on any atom is -0.497 e. The van der Waals surface area contributed by atoms with E-state index in [1.54, 1.807) is 14.2 Å². The van der Waals surface area contributed by atoms with E-state index in [-0.39, 0.29) is 5.91 Å². The summed E-state index contributed by atoms with van der Waals surface area (Å²) in [5, 5.41) is 0. The van der Waals surface area contributed by atoms with E-state index in [4.69, 9.17) is 9.47 Å². The third-order valence-electron chi connectivity index (χ3n) is 5.04. The molecule has 1 saturated heterocycles. The van der Waals surface area contributed by atoms with Crippen LogP contribution in [0, 0.1) is 6.92 Å². The number of ether oxygens (including phenoxy) is 2. The van der Waals surface area contributed by atoms with Gasteiger partial charge in [-0.25, -0.2) is 0 Å². The quantitative estimate of drug-likeness (QED) is 0.786. The molecule has 3 rings (SSSR count). The molecular formula is C22H28N2O3. The molecule has 0 radical (unpaired) electrons. The molecule has 5 nitrogen and oxygen atoms in total. The topological polar surface area (TPSA) is 42.0 Å². The fourth-order valence-electron chi connectivity index (χ4n) is 3.52. The lowest BCUT2D eigenvalue weighted by Crippen LogP contribution is -2.48. The fraction of sp³-hybridized carbons (Fsp3) is 0.409. The minimum atomic E-state index is 0.136. The Morgan fingerprint density at radius 3 is 2.44 bits per heavy atom. The lowest BCUT2D eigenvalue weighted by Gasteiger charge is -2.35. The van der Waals surface area contributed by atoms with E-state index in [1.807, 2.05) is 23.1 Å². The zero-order valence-corrected chi connectivity index (χ0v) is 16.4. The van der Waals surface area contributed by atoms with Gasteiger partial charge in [0.1, 0.15) is 11.5 Å². The predicted molar refractivity (Wildman–Crippen MR) is 106 cm³/mol. The Morgan fingerprint density at radius 2 is 1.78 bits per heavy atom. The van der Waals surface area contributed by atoms with Gasteiger partial charge in [-0.3, -0.25) is 9.69 Å². The Kier molecular flexibility index (Phi) is 6.35. The first-order chi connectivity index (χ1) is 13.1. The molecule has 1 amide bonds. The summed E-state index contributed by atoms with van der Waals surface area (Å²) >= 11 is 0. The Balaban J connectivity index is 1.56. The molecule has 2 aromatic rings. The van der Waals surface area contributed by atoms with Gasteiger partial charge in [0.2, 0.25) is 5.91 Å². The maximum absolute atomic E-state index is 12.8. The normalized spacial score (nSPS) is 14.9. The molecule has 2 aromatic carbocycles. The van der Waals surface area contributed by atoms with Crippen LogP contribution < -0.4 is 9.47 Å². The number of rotatable bonds is 6. The third kappa shape index (κ3) is 5.01. The monoisotopic (exact) mass is 368 g/mol. The van der Waals surface area contributed by atoms with Crippen LogP contribution in [0.1, 0.15) is 16.7 Å². The van der Waals surface area contributed by atoms with Crippen molar-refractivity contribution in [2.75, 3.05) is 40.4 Å². The molecule has 1 heterocycles. The van der Waals surface area contributed by atoms with Crippen LogP contribution in [0.3, 0.4) is 0 Å². The van der Waals surface area contributed by atoms with Crippen molar-refractivity contribution in [2.45, 2.75) is 19.9 Å². The fourth-order valence-corrected chi connectivity index (χ4v) is 3.52. The van der Waals surface area contributed by atoms with E-state index in [2.05, 4.69) is 36.1 Å². The number of hydrogen-bond acceptors (Lipinski definition) is 4. The van der Waals surface area contributed by atoms with Gasteiger partial charge in [0.25, 0.3) is 0 Å². The number of aryl methyl sites for hydroxylation is 1. The van der Waals surface area contributed by atoms with E-state index >= 15 is 0 Å². The van der Waals surface area contributed by atoms with Crippen molar-refractivity contribution >= 4 is 5.91 Å². The van der Waals surface area contributed by atoms with Crippen LogP contribution in [0.15, 0.2) is 42.5 Å². The minimum absolute atomic E-state index is 0.136. The molecule has 27 heavy (non-hydrogen) atoms. The average Bonchev–Trinajstić information content (AvgIpc) is 2.68. The number of hydrogen-bond donors (Lipinski definition) is 0. The lowest BCUT2D eigenvalue weighted by atomic mass is 10.1. The number of carbonyl (C=O) groups excluding carboxylic acids is 1. The molecule has 0 N–H and O–H groups in total. The summed E-state index contributed by atoms with van der Waals surface area (Å²) in [5.41, 5.74) is 3.48. The summed E-state index contributed by atoms with van der Waals surface area (Å²) in [4.78, 5) is 17.1. The van der Waals surface area contributed by atoms with E-state index in [0.717, 1.165) is 49.8 Å². The number of methoxy groups -OCH3 is 2. The standard InChI is InChI=1S/C22H28N2O3/c1-17-5-4-6-18(13-17)16-23-9-11-24(12-10-23)22(25)15-19-14-20(26-2)7-8-21(19)27-3/h4-8,13-14H,9-12,15-16H2,1-3H3. The number of nitrogens with zero attached hydrogens (tertiary/aromatic N) is 2. The van der Waals surface area contributed by atoms with Crippen LogP contribution in [-0.4, -0.2) is 56.1 Å². The van der Waals surface area contributed by atoms with Gasteiger partial charge in [-0.2, -0.15) is 0 Å². The first kappa shape index (κ1) is 19.2. The van der Waals surface area contributed by atoms with Crippen LogP contribution in [-0.2, 0) is 17.8 Å². The lowest BCUT2D eigenvalue weighted by molar-refractivity contribution is -0.132. The summed E-state index contributed by atoms with van der Waals surface area (Å²) in [6, 6.07) is 14.2. The van der Waals surface area contributed by atoms with Gasteiger partial charge in [0, 0.05) is 38.3 Å². The Labute approximate surface area is 161 Å². The molecule has 0 saturated carbocycles. The maximum Gasteiger partial charge on any atom is 0.227 e. The molecule has 0 aromatic heterocycles. The molecule has 1 aliphatic heterocycles. The zero-order valence-electron chi connectivity index (χ0n) is 16.4. The zero-order chi connectivity index (χ0) is 19.2. The smallest absolute Gasteiger partial charge is 0.227 e. The van der Waals surface area contributed by atoms with Gasteiger partial charge >= 0.3 is 0 Å². The van der Waals surface area contributed by atoms with Crippen molar-refractivity contribution in [1.29, 1.82) is 0 Å². The maximum atomic E-state index is 12.8. The van der Waals surface area contributed by atoms with Crippen molar-refractivity contribution in [2.24, 2.45) is 0 Å². The van der Waals surface area contributed by atoms with Gasteiger partial charge in [0.15, 0.2) is 0 Å². The summed E-state index contributed by atoms with van der Waals surface area (Å²) in [6.45, 7) is 6.37. The highest BCUT2D eigenvalue weighted by Crippen LogP contribution is 2.25. The van der Waals surface area contributed by atoms with Crippen molar-refractivity contribution in [3.05, 3.63) is 59.2 Å². The van der Waals surface area contributed by atoms with Crippen molar-refractivity contribution in [1.82, 2.24) is 9.80 Å². The highest BCUT2D eigenvalue weighted by Gasteiger charge is 2.22. The van der Waals surface area contributed by atoms with Gasteiger partial charge in [-0.15, -0.1) is 0 Å². The molecule has 1 aliphatic rings. The third-order valence-corrected chi connectivity index (χ3v) is 5.04. The van der Waals surface area contributed by atoms with E-state index < -0.39 is 0 Å². The number of benzene rings is 2. The number of piperazine rings is 1. The van der Waals surface area contributed by atoms with Crippen molar-refractivity contribution < 1.29 is 14.3 Å². The summed E-state index contributed by atoms with van der Waals surface area (Å²) < 4.78 is 10.7. The van der Waals surface area contributed by atoms with E-state index in [0.29, 0.717) is 6.42 Å². The van der Waals surface area contributed by atoms with Gasteiger partial charge in [-0.1, -0.05) is 29.8 Å². The Hall–Kier alpha value is -2.53. The molecule has 0 atom stereocenters. The van der Waals surface area contributed by atoms with Gasteiger partial charge in [0.05, 0.1) is 20.6 Å². The largest absolute Gasteiger partial charge is 0.497 e. The summed E-state index contributed by atoms with van der Waals surface area (Å²) in [5.74, 6) is 1.60. The molecule has 0 spiro atoms.